The highest BCUT2D eigenvalue weighted by Gasteiger charge is 2.12. The van der Waals surface area contributed by atoms with Crippen LogP contribution in [0.15, 0.2) is 78.9 Å². The van der Waals surface area contributed by atoms with E-state index in [1.807, 2.05) is 73.8 Å². The standard InChI is InChI=1S/C22H21NO2/c1-23(16-17-8-14-21(25-2)15-9-17)22(24)20-12-10-19(11-13-20)18-6-4-3-5-7-18/h3-15H,16H2,1-2H3. The number of nitrogens with zero attached hydrogens (tertiary/aromatic N) is 1. The summed E-state index contributed by atoms with van der Waals surface area (Å²) in [4.78, 5) is 14.3. The SMILES string of the molecule is COc1ccc(CN(C)C(=O)c2ccc(-c3ccccc3)cc2)cc1. The van der Waals surface area contributed by atoms with E-state index < -0.39 is 0 Å². The topological polar surface area (TPSA) is 29.5 Å². The largest absolute Gasteiger partial charge is 0.497 e. The van der Waals surface area contributed by atoms with Gasteiger partial charge in [-0.3, -0.25) is 4.79 Å². The average molecular weight is 331 g/mol. The van der Waals surface area contributed by atoms with Gasteiger partial charge in [0.05, 0.1) is 7.11 Å². The molecule has 0 saturated heterocycles. The van der Waals surface area contributed by atoms with Crippen LogP contribution in [-0.2, 0) is 6.54 Å². The molecule has 3 aromatic rings. The third kappa shape index (κ3) is 4.07. The molecule has 0 aliphatic heterocycles. The molecule has 3 aromatic carbocycles. The van der Waals surface area contributed by atoms with Gasteiger partial charge in [0.1, 0.15) is 5.75 Å². The van der Waals surface area contributed by atoms with Crippen molar-refractivity contribution in [3.8, 4) is 16.9 Å². The number of methoxy groups -OCH3 is 1. The Morgan fingerprint density at radius 3 is 2.04 bits per heavy atom. The van der Waals surface area contributed by atoms with Crippen LogP contribution in [0.5, 0.6) is 5.75 Å². The van der Waals surface area contributed by atoms with Gasteiger partial charge >= 0.3 is 0 Å². The predicted molar refractivity (Wildman–Crippen MR) is 101 cm³/mol. The molecular weight excluding hydrogens is 310 g/mol. The third-order valence-corrected chi connectivity index (χ3v) is 4.16. The highest BCUT2D eigenvalue weighted by molar-refractivity contribution is 5.94. The quantitative estimate of drug-likeness (QED) is 0.682. The van der Waals surface area contributed by atoms with Gasteiger partial charge in [0.2, 0.25) is 0 Å². The molecule has 0 atom stereocenters. The zero-order chi connectivity index (χ0) is 17.6. The molecule has 3 rings (SSSR count). The number of ether oxygens (including phenoxy) is 1. The van der Waals surface area contributed by atoms with Gasteiger partial charge in [0.15, 0.2) is 0 Å². The molecule has 0 aliphatic carbocycles. The summed E-state index contributed by atoms with van der Waals surface area (Å²) in [6, 6.07) is 25.6. The molecule has 25 heavy (non-hydrogen) atoms. The van der Waals surface area contributed by atoms with E-state index in [0.717, 1.165) is 22.4 Å². The van der Waals surface area contributed by atoms with Gasteiger partial charge in [-0.2, -0.15) is 0 Å². The zero-order valence-corrected chi connectivity index (χ0v) is 14.5. The molecule has 0 bridgehead atoms. The Morgan fingerprint density at radius 1 is 0.840 bits per heavy atom. The monoisotopic (exact) mass is 331 g/mol. The Labute approximate surface area is 148 Å². The molecule has 3 heteroatoms. The first-order valence-corrected chi connectivity index (χ1v) is 8.21. The van der Waals surface area contributed by atoms with Gasteiger partial charge in [0.25, 0.3) is 5.91 Å². The lowest BCUT2D eigenvalue weighted by Gasteiger charge is -2.18. The average Bonchev–Trinajstić information content (AvgIpc) is 2.69. The number of hydrogen-bond donors (Lipinski definition) is 0. The zero-order valence-electron chi connectivity index (χ0n) is 14.5. The van der Waals surface area contributed by atoms with Crippen molar-refractivity contribution in [2.45, 2.75) is 6.54 Å². The second-order valence-electron chi connectivity index (χ2n) is 5.95. The van der Waals surface area contributed by atoms with Gasteiger partial charge < -0.3 is 9.64 Å². The first-order valence-electron chi connectivity index (χ1n) is 8.21. The Kier molecular flexibility index (Phi) is 5.14. The molecule has 0 fully saturated rings. The van der Waals surface area contributed by atoms with E-state index in [9.17, 15) is 4.79 Å². The van der Waals surface area contributed by atoms with Crippen molar-refractivity contribution in [3.63, 3.8) is 0 Å². The number of amides is 1. The van der Waals surface area contributed by atoms with Crippen molar-refractivity contribution in [3.05, 3.63) is 90.0 Å². The predicted octanol–water partition coefficient (Wildman–Crippen LogP) is 4.63. The number of benzene rings is 3. The second kappa shape index (κ2) is 7.67. The van der Waals surface area contributed by atoms with E-state index in [-0.39, 0.29) is 5.91 Å². The van der Waals surface area contributed by atoms with Crippen molar-refractivity contribution in [1.29, 1.82) is 0 Å². The summed E-state index contributed by atoms with van der Waals surface area (Å²) in [6.45, 7) is 0.559. The molecule has 0 radical (unpaired) electrons. The molecule has 0 heterocycles. The maximum Gasteiger partial charge on any atom is 0.253 e. The van der Waals surface area contributed by atoms with Crippen molar-refractivity contribution in [1.82, 2.24) is 4.90 Å². The molecule has 0 unspecified atom stereocenters. The summed E-state index contributed by atoms with van der Waals surface area (Å²) in [5, 5.41) is 0. The van der Waals surface area contributed by atoms with Crippen LogP contribution in [0, 0.1) is 0 Å². The molecule has 0 saturated carbocycles. The lowest BCUT2D eigenvalue weighted by Crippen LogP contribution is -2.26. The maximum atomic E-state index is 12.6. The summed E-state index contributed by atoms with van der Waals surface area (Å²) in [6.07, 6.45) is 0. The number of carbonyl (C=O) groups is 1. The summed E-state index contributed by atoms with van der Waals surface area (Å²) in [5.41, 5.74) is 4.01. The van der Waals surface area contributed by atoms with E-state index in [2.05, 4.69) is 12.1 Å². The Balaban J connectivity index is 1.69. The fraction of sp³-hybridized carbons (Fsp3) is 0.136. The van der Waals surface area contributed by atoms with Crippen molar-refractivity contribution in [2.24, 2.45) is 0 Å². The van der Waals surface area contributed by atoms with Gasteiger partial charge in [-0.1, -0.05) is 54.6 Å². The van der Waals surface area contributed by atoms with E-state index in [1.54, 1.807) is 12.0 Å². The fourth-order valence-electron chi connectivity index (χ4n) is 2.73. The smallest absolute Gasteiger partial charge is 0.253 e. The fourth-order valence-corrected chi connectivity index (χ4v) is 2.73. The summed E-state index contributed by atoms with van der Waals surface area (Å²) < 4.78 is 5.16. The Morgan fingerprint density at radius 2 is 1.44 bits per heavy atom. The van der Waals surface area contributed by atoms with Crippen LogP contribution >= 0.6 is 0 Å². The minimum Gasteiger partial charge on any atom is -0.497 e. The normalized spacial score (nSPS) is 10.3. The second-order valence-corrected chi connectivity index (χ2v) is 5.95. The highest BCUT2D eigenvalue weighted by atomic mass is 16.5. The third-order valence-electron chi connectivity index (χ3n) is 4.16. The molecule has 0 spiro atoms. The molecule has 3 nitrogen and oxygen atoms in total. The lowest BCUT2D eigenvalue weighted by atomic mass is 10.0. The van der Waals surface area contributed by atoms with E-state index in [4.69, 9.17) is 4.74 Å². The molecule has 1 amide bonds. The van der Waals surface area contributed by atoms with Gasteiger partial charge in [-0.05, 0) is 41.0 Å². The summed E-state index contributed by atoms with van der Waals surface area (Å²) in [5.74, 6) is 0.824. The van der Waals surface area contributed by atoms with Crippen LogP contribution in [0.3, 0.4) is 0 Å². The van der Waals surface area contributed by atoms with Crippen LogP contribution < -0.4 is 4.74 Å². The van der Waals surface area contributed by atoms with Gasteiger partial charge in [-0.15, -0.1) is 0 Å². The van der Waals surface area contributed by atoms with E-state index in [1.165, 1.54) is 0 Å². The molecule has 0 aliphatic rings. The number of hydrogen-bond acceptors (Lipinski definition) is 2. The van der Waals surface area contributed by atoms with Crippen LogP contribution in [-0.4, -0.2) is 25.0 Å². The van der Waals surface area contributed by atoms with Crippen LogP contribution in [0.2, 0.25) is 0 Å². The summed E-state index contributed by atoms with van der Waals surface area (Å²) >= 11 is 0. The van der Waals surface area contributed by atoms with E-state index >= 15 is 0 Å². The molecule has 0 N–H and O–H groups in total. The minimum absolute atomic E-state index is 0.00966. The van der Waals surface area contributed by atoms with Crippen LogP contribution in [0.25, 0.3) is 11.1 Å². The molecular formula is C22H21NO2. The first kappa shape index (κ1) is 16.8. The van der Waals surface area contributed by atoms with Crippen LogP contribution in [0.4, 0.5) is 0 Å². The lowest BCUT2D eigenvalue weighted by molar-refractivity contribution is 0.0785. The summed E-state index contributed by atoms with van der Waals surface area (Å²) in [7, 11) is 3.46. The van der Waals surface area contributed by atoms with Crippen molar-refractivity contribution < 1.29 is 9.53 Å². The molecule has 0 aromatic heterocycles. The van der Waals surface area contributed by atoms with Crippen molar-refractivity contribution in [2.75, 3.05) is 14.2 Å². The number of rotatable bonds is 5. The van der Waals surface area contributed by atoms with Crippen LogP contribution in [0.1, 0.15) is 15.9 Å². The highest BCUT2D eigenvalue weighted by Crippen LogP contribution is 2.20. The van der Waals surface area contributed by atoms with Gasteiger partial charge in [-0.25, -0.2) is 0 Å². The minimum atomic E-state index is 0.00966. The Hall–Kier alpha value is -3.07. The van der Waals surface area contributed by atoms with Crippen molar-refractivity contribution >= 4 is 5.91 Å². The van der Waals surface area contributed by atoms with Gasteiger partial charge in [0, 0.05) is 19.2 Å². The van der Waals surface area contributed by atoms with E-state index in [0.29, 0.717) is 12.1 Å². The number of carbonyl (C=O) groups excluding carboxylic acids is 1. The Bertz CT molecular complexity index is 824. The molecule has 126 valence electrons. The maximum absolute atomic E-state index is 12.6. The first-order chi connectivity index (χ1) is 12.2.